The lowest BCUT2D eigenvalue weighted by Gasteiger charge is -2.31. The largest absolute Gasteiger partial charge is 0.493 e. The van der Waals surface area contributed by atoms with E-state index in [1.54, 1.807) is 64.6 Å². The molecule has 1 unspecified atom stereocenters. The number of carbonyl (C=O) groups excluding carboxylic acids is 1. The lowest BCUT2D eigenvalue weighted by atomic mass is 10.1. The highest BCUT2D eigenvalue weighted by Crippen LogP contribution is 2.29. The van der Waals surface area contributed by atoms with Gasteiger partial charge in [-0.15, -0.1) is 0 Å². The predicted molar refractivity (Wildman–Crippen MR) is 136 cm³/mol. The van der Waals surface area contributed by atoms with E-state index in [0.29, 0.717) is 28.7 Å². The predicted octanol–water partition coefficient (Wildman–Crippen LogP) is 4.31. The number of hydrogen-bond acceptors (Lipinski definition) is 6. The summed E-state index contributed by atoms with van der Waals surface area (Å²) in [6.07, 6.45) is 1.08. The molecule has 0 aliphatic carbocycles. The van der Waals surface area contributed by atoms with E-state index in [0.717, 1.165) is 16.1 Å². The lowest BCUT2D eigenvalue weighted by Crippen LogP contribution is -2.48. The van der Waals surface area contributed by atoms with Crippen LogP contribution >= 0.6 is 0 Å². The molecule has 3 rings (SSSR count). The van der Waals surface area contributed by atoms with Gasteiger partial charge in [0.1, 0.15) is 17.5 Å². The van der Waals surface area contributed by atoms with Crippen molar-refractivity contribution >= 4 is 21.6 Å². The first-order valence-electron chi connectivity index (χ1n) is 10.9. The Morgan fingerprint density at radius 2 is 1.49 bits per heavy atom. The van der Waals surface area contributed by atoms with Crippen LogP contribution in [0.1, 0.15) is 12.5 Å². The molecule has 186 valence electrons. The summed E-state index contributed by atoms with van der Waals surface area (Å²) in [5, 5.41) is 0. The van der Waals surface area contributed by atoms with Crippen LogP contribution in [-0.2, 0) is 21.4 Å². The minimum atomic E-state index is -3.75. The van der Waals surface area contributed by atoms with Crippen LogP contribution in [0.5, 0.6) is 23.0 Å². The van der Waals surface area contributed by atoms with Gasteiger partial charge in [-0.25, -0.2) is 8.42 Å². The number of methoxy groups -OCH3 is 2. The standard InChI is InChI=1S/C26H30N2O6S/c1-19(26(29)27(2)18-20-11-16-24(32-3)25(17-20)33-4)28(35(5,30)31)21-12-14-23(15-13-21)34-22-9-7-6-8-10-22/h6-17,19H,18H2,1-5H3. The van der Waals surface area contributed by atoms with Gasteiger partial charge in [-0.1, -0.05) is 24.3 Å². The second-order valence-corrected chi connectivity index (χ2v) is 9.89. The van der Waals surface area contributed by atoms with E-state index in [2.05, 4.69) is 0 Å². The summed E-state index contributed by atoms with van der Waals surface area (Å²) in [6, 6.07) is 20.3. The number of sulfonamides is 1. The van der Waals surface area contributed by atoms with Crippen molar-refractivity contribution in [2.45, 2.75) is 19.5 Å². The molecular weight excluding hydrogens is 468 g/mol. The molecule has 0 aromatic heterocycles. The van der Waals surface area contributed by atoms with Crippen LogP contribution in [0, 0.1) is 0 Å². The van der Waals surface area contributed by atoms with Crippen molar-refractivity contribution in [2.24, 2.45) is 0 Å². The molecule has 1 amide bonds. The molecule has 0 heterocycles. The van der Waals surface area contributed by atoms with Gasteiger partial charge in [-0.05, 0) is 61.0 Å². The van der Waals surface area contributed by atoms with Crippen LogP contribution in [0.25, 0.3) is 0 Å². The van der Waals surface area contributed by atoms with Gasteiger partial charge >= 0.3 is 0 Å². The minimum absolute atomic E-state index is 0.269. The van der Waals surface area contributed by atoms with Gasteiger partial charge in [0.15, 0.2) is 11.5 Å². The van der Waals surface area contributed by atoms with Crippen molar-refractivity contribution in [3.05, 3.63) is 78.4 Å². The zero-order valence-corrected chi connectivity index (χ0v) is 21.3. The summed E-state index contributed by atoms with van der Waals surface area (Å²) in [6.45, 7) is 1.84. The number of likely N-dealkylation sites (N-methyl/N-ethyl adjacent to an activating group) is 1. The van der Waals surface area contributed by atoms with Gasteiger partial charge < -0.3 is 19.1 Å². The number of para-hydroxylation sites is 1. The molecule has 0 bridgehead atoms. The average molecular weight is 499 g/mol. The van der Waals surface area contributed by atoms with Gasteiger partial charge in [-0.2, -0.15) is 0 Å². The van der Waals surface area contributed by atoms with Crippen LogP contribution in [0.4, 0.5) is 5.69 Å². The SMILES string of the molecule is COc1ccc(CN(C)C(=O)C(C)N(c2ccc(Oc3ccccc3)cc2)S(C)(=O)=O)cc1OC. The van der Waals surface area contributed by atoms with Gasteiger partial charge in [0.25, 0.3) is 0 Å². The first-order chi connectivity index (χ1) is 16.6. The highest BCUT2D eigenvalue weighted by atomic mass is 32.2. The maximum Gasteiger partial charge on any atom is 0.246 e. The highest BCUT2D eigenvalue weighted by Gasteiger charge is 2.31. The molecule has 0 fully saturated rings. The molecule has 0 N–H and O–H groups in total. The zero-order chi connectivity index (χ0) is 25.6. The number of benzene rings is 3. The van der Waals surface area contributed by atoms with Gasteiger partial charge in [0.05, 0.1) is 26.2 Å². The molecule has 9 heteroatoms. The highest BCUT2D eigenvalue weighted by molar-refractivity contribution is 7.92. The summed E-state index contributed by atoms with van der Waals surface area (Å²) in [4.78, 5) is 14.7. The Bertz CT molecular complexity index is 1250. The van der Waals surface area contributed by atoms with Crippen LogP contribution in [0.3, 0.4) is 0 Å². The van der Waals surface area contributed by atoms with Crippen molar-refractivity contribution in [3.8, 4) is 23.0 Å². The van der Waals surface area contributed by atoms with Gasteiger partial charge in [0.2, 0.25) is 15.9 Å². The first kappa shape index (κ1) is 25.9. The van der Waals surface area contributed by atoms with Crippen LogP contribution in [0.15, 0.2) is 72.8 Å². The third-order valence-electron chi connectivity index (χ3n) is 5.38. The molecule has 0 aliphatic rings. The second-order valence-electron chi connectivity index (χ2n) is 8.03. The molecule has 0 spiro atoms. The number of anilines is 1. The second kappa shape index (κ2) is 11.1. The van der Waals surface area contributed by atoms with Gasteiger partial charge in [0, 0.05) is 13.6 Å². The normalized spacial score (nSPS) is 11.9. The quantitative estimate of drug-likeness (QED) is 0.414. The zero-order valence-electron chi connectivity index (χ0n) is 20.5. The molecule has 0 aliphatic heterocycles. The van der Waals surface area contributed by atoms with E-state index in [4.69, 9.17) is 14.2 Å². The molecule has 0 saturated heterocycles. The lowest BCUT2D eigenvalue weighted by molar-refractivity contribution is -0.131. The van der Waals surface area contributed by atoms with Crippen LogP contribution in [0.2, 0.25) is 0 Å². The molecular formula is C26H30N2O6S. The number of amides is 1. The van der Waals surface area contributed by atoms with E-state index in [1.165, 1.54) is 4.90 Å². The summed E-state index contributed by atoms with van der Waals surface area (Å²) < 4.78 is 42.8. The summed E-state index contributed by atoms with van der Waals surface area (Å²) >= 11 is 0. The Morgan fingerprint density at radius 1 is 0.886 bits per heavy atom. The Balaban J connectivity index is 1.78. The van der Waals surface area contributed by atoms with Crippen molar-refractivity contribution in [2.75, 3.05) is 31.8 Å². The summed E-state index contributed by atoms with van der Waals surface area (Å²) in [7, 11) is 0.971. The van der Waals surface area contributed by atoms with E-state index in [9.17, 15) is 13.2 Å². The number of hydrogen-bond donors (Lipinski definition) is 0. The minimum Gasteiger partial charge on any atom is -0.493 e. The molecule has 3 aromatic carbocycles. The molecule has 0 radical (unpaired) electrons. The van der Waals surface area contributed by atoms with E-state index < -0.39 is 16.1 Å². The first-order valence-corrected chi connectivity index (χ1v) is 12.8. The third kappa shape index (κ3) is 6.45. The number of carbonyl (C=O) groups is 1. The monoisotopic (exact) mass is 498 g/mol. The third-order valence-corrected chi connectivity index (χ3v) is 6.62. The molecule has 0 saturated carbocycles. The van der Waals surface area contributed by atoms with Crippen molar-refractivity contribution < 1.29 is 27.4 Å². The Kier molecular flexibility index (Phi) is 8.24. The topological polar surface area (TPSA) is 85.4 Å². The fourth-order valence-corrected chi connectivity index (χ4v) is 4.91. The van der Waals surface area contributed by atoms with Crippen molar-refractivity contribution in [1.29, 1.82) is 0 Å². The maximum atomic E-state index is 13.2. The van der Waals surface area contributed by atoms with E-state index >= 15 is 0 Å². The van der Waals surface area contributed by atoms with Crippen LogP contribution in [-0.4, -0.2) is 52.8 Å². The molecule has 3 aromatic rings. The van der Waals surface area contributed by atoms with E-state index in [1.807, 2.05) is 36.4 Å². The van der Waals surface area contributed by atoms with Gasteiger partial charge in [-0.3, -0.25) is 9.10 Å². The molecule has 8 nitrogen and oxygen atoms in total. The Morgan fingerprint density at radius 3 is 2.06 bits per heavy atom. The van der Waals surface area contributed by atoms with E-state index in [-0.39, 0.29) is 12.5 Å². The number of nitrogens with zero attached hydrogens (tertiary/aromatic N) is 2. The van der Waals surface area contributed by atoms with Crippen molar-refractivity contribution in [1.82, 2.24) is 4.90 Å². The average Bonchev–Trinajstić information content (AvgIpc) is 2.84. The number of rotatable bonds is 10. The molecule has 1 atom stereocenters. The number of ether oxygens (including phenoxy) is 3. The summed E-state index contributed by atoms with van der Waals surface area (Å²) in [5.74, 6) is 2.00. The fourth-order valence-electron chi connectivity index (χ4n) is 3.74. The van der Waals surface area contributed by atoms with Crippen molar-refractivity contribution in [3.63, 3.8) is 0 Å². The summed E-state index contributed by atoms with van der Waals surface area (Å²) in [5.41, 5.74) is 1.19. The Labute approximate surface area is 206 Å². The molecule has 35 heavy (non-hydrogen) atoms. The Hall–Kier alpha value is -3.72. The fraction of sp³-hybridized carbons (Fsp3) is 0.269. The maximum absolute atomic E-state index is 13.2. The smallest absolute Gasteiger partial charge is 0.246 e. The van der Waals surface area contributed by atoms with Crippen LogP contribution < -0.4 is 18.5 Å².